The van der Waals surface area contributed by atoms with E-state index in [1.54, 1.807) is 12.1 Å². The van der Waals surface area contributed by atoms with Gasteiger partial charge in [0.25, 0.3) is 0 Å². The van der Waals surface area contributed by atoms with Crippen molar-refractivity contribution in [1.29, 1.82) is 0 Å². The number of anilines is 1. The Morgan fingerprint density at radius 3 is 2.00 bits per heavy atom. The van der Waals surface area contributed by atoms with Gasteiger partial charge in [0.1, 0.15) is 0 Å². The summed E-state index contributed by atoms with van der Waals surface area (Å²) in [5, 5.41) is 0. The van der Waals surface area contributed by atoms with Crippen LogP contribution in [0.15, 0.2) is 30.3 Å². The summed E-state index contributed by atoms with van der Waals surface area (Å²) in [6.45, 7) is 4.16. The largest absolute Gasteiger partial charge is 0.493 e. The fourth-order valence-corrected chi connectivity index (χ4v) is 4.91. The lowest BCUT2D eigenvalue weighted by Crippen LogP contribution is -2.45. The number of unbranched alkanes of at least 4 members (excludes halogenated alkanes) is 1. The fourth-order valence-electron chi connectivity index (χ4n) is 4.91. The molecule has 0 radical (unpaired) electrons. The predicted molar refractivity (Wildman–Crippen MR) is 133 cm³/mol. The van der Waals surface area contributed by atoms with Gasteiger partial charge in [0, 0.05) is 36.4 Å². The molecule has 0 aromatic heterocycles. The molecule has 0 fully saturated rings. The Morgan fingerprint density at radius 1 is 0.949 bits per heavy atom. The van der Waals surface area contributed by atoms with E-state index in [0.717, 1.165) is 30.5 Å². The first-order chi connectivity index (χ1) is 18.2. The third-order valence-electron chi connectivity index (χ3n) is 6.84. The number of halogens is 6. The van der Waals surface area contributed by atoms with Gasteiger partial charge in [-0.15, -0.1) is 0 Å². The highest BCUT2D eigenvalue weighted by Gasteiger charge is 2.40. The van der Waals surface area contributed by atoms with Crippen LogP contribution < -0.4 is 14.4 Å². The van der Waals surface area contributed by atoms with Crippen LogP contribution >= 0.6 is 0 Å². The van der Waals surface area contributed by atoms with E-state index in [0.29, 0.717) is 42.2 Å². The fraction of sp³-hybridized carbons (Fsp3) is 0.519. The zero-order valence-corrected chi connectivity index (χ0v) is 22.4. The first kappa shape index (κ1) is 30.2. The zero-order valence-electron chi connectivity index (χ0n) is 22.4. The standard InChI is InChI=1S/C27H32F6N2O4/c1-6-7-8-34-16(2)9-21(20-13-23(37-3)24(38-4)14-22(20)34)35(25(36)39-5)15-17-10-18(26(28,29)30)12-19(11-17)27(31,32)33/h10-14,16,21H,6-9,15H2,1-5H3/t16-,21?/m1/s1. The first-order valence-electron chi connectivity index (χ1n) is 12.4. The van der Waals surface area contributed by atoms with Crippen molar-refractivity contribution in [3.05, 3.63) is 52.6 Å². The van der Waals surface area contributed by atoms with Gasteiger partial charge in [-0.3, -0.25) is 4.90 Å². The van der Waals surface area contributed by atoms with Crippen LogP contribution in [0.5, 0.6) is 11.5 Å². The Bertz CT molecular complexity index is 1140. The quantitative estimate of drug-likeness (QED) is 0.313. The van der Waals surface area contributed by atoms with Crippen molar-refractivity contribution in [3.63, 3.8) is 0 Å². The van der Waals surface area contributed by atoms with Crippen molar-refractivity contribution in [3.8, 4) is 11.5 Å². The van der Waals surface area contributed by atoms with Gasteiger partial charge in [0.2, 0.25) is 0 Å². The summed E-state index contributed by atoms with van der Waals surface area (Å²) in [5.74, 6) is 0.817. The van der Waals surface area contributed by atoms with Crippen molar-refractivity contribution < 1.29 is 45.3 Å². The predicted octanol–water partition coefficient (Wildman–Crippen LogP) is 7.45. The van der Waals surface area contributed by atoms with Crippen LogP contribution in [-0.2, 0) is 23.6 Å². The molecule has 0 aliphatic carbocycles. The van der Waals surface area contributed by atoms with E-state index in [9.17, 15) is 31.1 Å². The molecule has 2 atom stereocenters. The molecule has 0 bridgehead atoms. The second-order valence-corrected chi connectivity index (χ2v) is 9.43. The molecule has 2 aromatic rings. The lowest BCUT2D eigenvalue weighted by molar-refractivity contribution is -0.143. The lowest BCUT2D eigenvalue weighted by atomic mass is 9.89. The maximum absolute atomic E-state index is 13.5. The molecule has 6 nitrogen and oxygen atoms in total. The molecule has 0 saturated heterocycles. The van der Waals surface area contributed by atoms with Crippen molar-refractivity contribution in [1.82, 2.24) is 4.90 Å². The summed E-state index contributed by atoms with van der Waals surface area (Å²) >= 11 is 0. The topological polar surface area (TPSA) is 51.2 Å². The van der Waals surface area contributed by atoms with E-state index < -0.39 is 42.2 Å². The molecular formula is C27H32F6N2O4. The van der Waals surface area contributed by atoms with Crippen LogP contribution in [0.1, 0.15) is 61.4 Å². The number of amides is 1. The van der Waals surface area contributed by atoms with Crippen molar-refractivity contribution in [2.24, 2.45) is 0 Å². The molecule has 1 aliphatic rings. The highest BCUT2D eigenvalue weighted by atomic mass is 19.4. The third kappa shape index (κ3) is 6.65. The summed E-state index contributed by atoms with van der Waals surface area (Å²) in [7, 11) is 4.04. The van der Waals surface area contributed by atoms with Crippen LogP contribution in [0, 0.1) is 0 Å². The number of ether oxygens (including phenoxy) is 3. The van der Waals surface area contributed by atoms with Gasteiger partial charge in [-0.2, -0.15) is 26.3 Å². The summed E-state index contributed by atoms with van der Waals surface area (Å²) in [6.07, 6.45) is -8.74. The molecule has 216 valence electrons. The number of alkyl halides is 6. The minimum Gasteiger partial charge on any atom is -0.493 e. The Labute approximate surface area is 223 Å². The van der Waals surface area contributed by atoms with Crippen molar-refractivity contribution in [2.75, 3.05) is 32.8 Å². The minimum absolute atomic E-state index is 0.0622. The van der Waals surface area contributed by atoms with E-state index in [1.807, 2.05) is 6.92 Å². The average Bonchev–Trinajstić information content (AvgIpc) is 2.88. The molecule has 0 spiro atoms. The van der Waals surface area contributed by atoms with Gasteiger partial charge < -0.3 is 19.1 Å². The first-order valence-corrected chi connectivity index (χ1v) is 12.4. The SMILES string of the molecule is CCCCN1c2cc(OC)c(OC)cc2C(N(Cc2cc(C(F)(F)F)cc(C(F)(F)F)c2)C(=O)OC)C[C@H]1C. The number of methoxy groups -OCH3 is 3. The normalized spacial score (nSPS) is 17.5. The molecule has 1 aliphatic heterocycles. The van der Waals surface area contributed by atoms with Gasteiger partial charge >= 0.3 is 18.4 Å². The number of fused-ring (bicyclic) bond motifs is 1. The highest BCUT2D eigenvalue weighted by Crippen LogP contribution is 2.46. The molecule has 12 heteroatoms. The minimum atomic E-state index is -5.01. The molecule has 39 heavy (non-hydrogen) atoms. The average molecular weight is 563 g/mol. The number of hydrogen-bond donors (Lipinski definition) is 0. The number of benzene rings is 2. The summed E-state index contributed by atoms with van der Waals surface area (Å²) in [4.78, 5) is 16.3. The second kappa shape index (κ2) is 11.8. The van der Waals surface area contributed by atoms with Crippen LogP contribution in [-0.4, -0.2) is 44.9 Å². The van der Waals surface area contributed by atoms with Crippen LogP contribution in [0.3, 0.4) is 0 Å². The molecule has 2 aromatic carbocycles. The van der Waals surface area contributed by atoms with E-state index in [4.69, 9.17) is 14.2 Å². The Balaban J connectivity index is 2.17. The molecule has 1 unspecified atom stereocenters. The summed E-state index contributed by atoms with van der Waals surface area (Å²) in [5.41, 5.74) is -1.88. The zero-order chi connectivity index (χ0) is 29.1. The number of hydrogen-bond acceptors (Lipinski definition) is 5. The van der Waals surface area contributed by atoms with Crippen LogP contribution in [0.25, 0.3) is 0 Å². The molecule has 3 rings (SSSR count). The van der Waals surface area contributed by atoms with Gasteiger partial charge in [0.15, 0.2) is 11.5 Å². The maximum atomic E-state index is 13.5. The molecule has 1 amide bonds. The van der Waals surface area contributed by atoms with Crippen LogP contribution in [0.2, 0.25) is 0 Å². The van der Waals surface area contributed by atoms with Crippen molar-refractivity contribution in [2.45, 2.75) is 64.1 Å². The number of carbonyl (C=O) groups excluding carboxylic acids is 1. The van der Waals surface area contributed by atoms with Crippen molar-refractivity contribution >= 4 is 11.8 Å². The number of rotatable bonds is 8. The molecule has 0 saturated carbocycles. The third-order valence-corrected chi connectivity index (χ3v) is 6.84. The van der Waals surface area contributed by atoms with E-state index in [-0.39, 0.29) is 17.7 Å². The molecular weight excluding hydrogens is 530 g/mol. The maximum Gasteiger partial charge on any atom is 0.416 e. The van der Waals surface area contributed by atoms with E-state index in [2.05, 4.69) is 11.8 Å². The number of nitrogens with zero attached hydrogens (tertiary/aromatic N) is 2. The Kier molecular flexibility index (Phi) is 9.17. The van der Waals surface area contributed by atoms with Gasteiger partial charge in [0.05, 0.1) is 38.5 Å². The van der Waals surface area contributed by atoms with Crippen LogP contribution in [0.4, 0.5) is 36.8 Å². The monoisotopic (exact) mass is 562 g/mol. The van der Waals surface area contributed by atoms with E-state index in [1.165, 1.54) is 14.2 Å². The second-order valence-electron chi connectivity index (χ2n) is 9.43. The Morgan fingerprint density at radius 2 is 1.51 bits per heavy atom. The Hall–Kier alpha value is -3.31. The lowest BCUT2D eigenvalue weighted by Gasteiger charge is -2.44. The van der Waals surface area contributed by atoms with Gasteiger partial charge in [-0.25, -0.2) is 4.79 Å². The molecule has 1 heterocycles. The highest BCUT2D eigenvalue weighted by molar-refractivity contribution is 5.71. The van der Waals surface area contributed by atoms with Gasteiger partial charge in [-0.05, 0) is 49.6 Å². The van der Waals surface area contributed by atoms with Gasteiger partial charge in [-0.1, -0.05) is 13.3 Å². The number of carbonyl (C=O) groups is 1. The summed E-state index contributed by atoms with van der Waals surface area (Å²) in [6, 6.07) is 3.92. The van der Waals surface area contributed by atoms with E-state index >= 15 is 0 Å². The smallest absolute Gasteiger partial charge is 0.416 e. The summed E-state index contributed by atoms with van der Waals surface area (Å²) < 4.78 is 96.9. The molecule has 0 N–H and O–H groups in total.